The van der Waals surface area contributed by atoms with Gasteiger partial charge < -0.3 is 85.5 Å². The molecule has 0 aromatic carbocycles. The number of aliphatic carboxylic acids is 1. The number of amides is 9. The second kappa shape index (κ2) is 32.4. The predicted molar refractivity (Wildman–Crippen MR) is 297 cm³/mol. The van der Waals surface area contributed by atoms with Gasteiger partial charge in [0.2, 0.25) is 53.2 Å². The highest BCUT2D eigenvalue weighted by molar-refractivity contribution is 5.99. The number of hydrogen-bond donors (Lipinski definition) is 13. The number of carboxylic acids is 1. The van der Waals surface area contributed by atoms with Gasteiger partial charge in [-0.25, -0.2) is 4.79 Å². The van der Waals surface area contributed by atoms with Crippen molar-refractivity contribution in [3.63, 3.8) is 0 Å². The Bertz CT molecular complexity index is 2220. The third-order valence-electron chi connectivity index (χ3n) is 14.3. The summed E-state index contributed by atoms with van der Waals surface area (Å²) in [5, 5.41) is 35.6. The Morgan fingerprint density at radius 2 is 0.900 bits per heavy atom. The number of likely N-dealkylation sites (tertiary alicyclic amines) is 3. The molecule has 9 amide bonds. The van der Waals surface area contributed by atoms with Crippen LogP contribution in [0.15, 0.2) is 9.98 Å². The molecule has 80 heavy (non-hydrogen) atoms. The van der Waals surface area contributed by atoms with Crippen LogP contribution in [0.4, 0.5) is 0 Å². The van der Waals surface area contributed by atoms with E-state index in [1.807, 2.05) is 27.7 Å². The van der Waals surface area contributed by atoms with Crippen molar-refractivity contribution in [2.45, 2.75) is 193 Å². The van der Waals surface area contributed by atoms with E-state index in [1.165, 1.54) is 14.7 Å². The number of carbonyl (C=O) groups excluding carboxylic acids is 9. The molecule has 0 aliphatic carbocycles. The molecule has 0 saturated carbocycles. The van der Waals surface area contributed by atoms with E-state index in [1.54, 1.807) is 27.7 Å². The maximum atomic E-state index is 14.7. The Labute approximate surface area is 469 Å². The van der Waals surface area contributed by atoms with E-state index in [4.69, 9.17) is 28.7 Å². The van der Waals surface area contributed by atoms with Crippen molar-refractivity contribution in [3.8, 4) is 0 Å². The normalized spacial score (nSPS) is 19.8. The number of hydrogen-bond acceptors (Lipinski definition) is 14. The van der Waals surface area contributed by atoms with E-state index in [0.29, 0.717) is 32.1 Å². The molecule has 3 saturated heterocycles. The van der Waals surface area contributed by atoms with Crippen LogP contribution in [0.5, 0.6) is 0 Å². The van der Waals surface area contributed by atoms with Crippen LogP contribution >= 0.6 is 0 Å². The first-order chi connectivity index (χ1) is 37.6. The van der Waals surface area contributed by atoms with Crippen molar-refractivity contribution in [2.24, 2.45) is 62.3 Å². The van der Waals surface area contributed by atoms with Crippen LogP contribution < -0.4 is 60.6 Å². The summed E-state index contributed by atoms with van der Waals surface area (Å²) in [7, 11) is 0. The van der Waals surface area contributed by atoms with Crippen LogP contribution in [0.3, 0.4) is 0 Å². The standard InChI is InChI=1S/C52H92N16O12/c1-27(2)24-34(43(72)61-33(15-10-20-59-52(56)57)48(77)68-23-13-18-38(68)49(78)67-22-12-17-37(67)45(74)65-40(30(7)8)50(79)80)62-41(70)32(14-9-19-58-51(54)55)60-42(71)35(25-28(3)4)63-46(75)39(29(5)6)64-44(73)36-16-11-21-66(36)47(76)31(53)26-69/h27-40,69H,9-26,53H2,1-8H3,(H,60,71)(H,61,72)(H,62,70)(H,63,75)(H,64,73)(H,65,74)(H,79,80)(H4,54,55,58)(H4,56,57,59)/t31-,32-,33-,34-,35-,36-,37-,38-,39-,40-/m0/s1. The number of nitrogens with one attached hydrogen (secondary N) is 6. The Balaban J connectivity index is 1.90. The molecule has 18 N–H and O–H groups in total. The minimum atomic E-state index is -1.33. The van der Waals surface area contributed by atoms with Crippen molar-refractivity contribution in [2.75, 3.05) is 39.3 Å². The zero-order chi connectivity index (χ0) is 60.1. The minimum absolute atomic E-state index is 0.00739. The second-order valence-electron chi connectivity index (χ2n) is 22.6. The highest BCUT2D eigenvalue weighted by atomic mass is 16.4. The highest BCUT2D eigenvalue weighted by Crippen LogP contribution is 2.27. The third kappa shape index (κ3) is 20.4. The van der Waals surface area contributed by atoms with Crippen LogP contribution in [0.1, 0.15) is 132 Å². The first-order valence-electron chi connectivity index (χ1n) is 28.0. The molecule has 3 aliphatic rings. The van der Waals surface area contributed by atoms with Gasteiger partial charge in [0.15, 0.2) is 11.9 Å². The lowest BCUT2D eigenvalue weighted by molar-refractivity contribution is -0.149. The highest BCUT2D eigenvalue weighted by Gasteiger charge is 2.45. The number of nitrogens with two attached hydrogens (primary N) is 5. The van der Waals surface area contributed by atoms with Crippen LogP contribution in [-0.4, -0.2) is 196 Å². The number of carbonyl (C=O) groups is 10. The smallest absolute Gasteiger partial charge is 0.326 e. The zero-order valence-electron chi connectivity index (χ0n) is 47.9. The zero-order valence-corrected chi connectivity index (χ0v) is 47.9. The summed E-state index contributed by atoms with van der Waals surface area (Å²) >= 11 is 0. The van der Waals surface area contributed by atoms with Gasteiger partial charge in [-0.1, -0.05) is 55.4 Å². The summed E-state index contributed by atoms with van der Waals surface area (Å²) < 4.78 is 0. The number of nitrogens with zero attached hydrogens (tertiary/aromatic N) is 5. The number of rotatable bonds is 31. The second-order valence-corrected chi connectivity index (χ2v) is 22.6. The number of guanidine groups is 2. The summed E-state index contributed by atoms with van der Waals surface area (Å²) in [6.45, 7) is 14.1. The van der Waals surface area contributed by atoms with Crippen molar-refractivity contribution in [3.05, 3.63) is 0 Å². The fraction of sp³-hybridized carbons (Fsp3) is 0.769. The Hall–Kier alpha value is -6.84. The van der Waals surface area contributed by atoms with Crippen LogP contribution in [-0.2, 0) is 47.9 Å². The lowest BCUT2D eigenvalue weighted by Crippen LogP contribution is -2.61. The summed E-state index contributed by atoms with van der Waals surface area (Å²) in [5.74, 6) is -8.79. The molecule has 0 aromatic heterocycles. The monoisotopic (exact) mass is 1130 g/mol. The van der Waals surface area contributed by atoms with Gasteiger partial charge in [-0.05, 0) is 101 Å². The molecule has 0 spiro atoms. The van der Waals surface area contributed by atoms with Gasteiger partial charge in [0.25, 0.3) is 0 Å². The van der Waals surface area contributed by atoms with Gasteiger partial charge in [0.05, 0.1) is 6.61 Å². The van der Waals surface area contributed by atoms with Gasteiger partial charge in [-0.2, -0.15) is 0 Å². The predicted octanol–water partition coefficient (Wildman–Crippen LogP) is -3.22. The topological polar surface area (TPSA) is 448 Å². The largest absolute Gasteiger partial charge is 0.480 e. The lowest BCUT2D eigenvalue weighted by Gasteiger charge is -2.34. The van der Waals surface area contributed by atoms with Gasteiger partial charge in [-0.3, -0.25) is 53.1 Å². The summed E-state index contributed by atoms with van der Waals surface area (Å²) in [6, 6.07) is -11.6. The molecule has 3 rings (SSSR count). The number of aliphatic hydroxyl groups is 1. The molecule has 3 aliphatic heterocycles. The number of carboxylic acid groups (broad SMARTS) is 1. The first kappa shape index (κ1) is 67.4. The van der Waals surface area contributed by atoms with Crippen LogP contribution in [0.25, 0.3) is 0 Å². The van der Waals surface area contributed by atoms with Crippen LogP contribution in [0.2, 0.25) is 0 Å². The van der Waals surface area contributed by atoms with Gasteiger partial charge >= 0.3 is 5.97 Å². The maximum Gasteiger partial charge on any atom is 0.326 e. The molecule has 0 bridgehead atoms. The van der Waals surface area contributed by atoms with Gasteiger partial charge in [0.1, 0.15) is 60.4 Å². The Kier molecular flexibility index (Phi) is 27.3. The van der Waals surface area contributed by atoms with Gasteiger partial charge in [-0.15, -0.1) is 0 Å². The summed E-state index contributed by atoms with van der Waals surface area (Å²) in [6.07, 6.45) is 2.78. The molecule has 28 heteroatoms. The Morgan fingerprint density at radius 3 is 1.35 bits per heavy atom. The first-order valence-corrected chi connectivity index (χ1v) is 28.0. The lowest BCUT2D eigenvalue weighted by atomic mass is 9.98. The molecule has 10 atom stereocenters. The average molecular weight is 1130 g/mol. The molecular formula is C52H92N16O12. The van der Waals surface area contributed by atoms with Crippen molar-refractivity contribution in [1.82, 2.24) is 46.6 Å². The van der Waals surface area contributed by atoms with E-state index in [9.17, 15) is 58.2 Å². The minimum Gasteiger partial charge on any atom is -0.480 e. The molecule has 0 unspecified atom stereocenters. The molecular weight excluding hydrogens is 1040 g/mol. The summed E-state index contributed by atoms with van der Waals surface area (Å²) in [4.78, 5) is 150. The van der Waals surface area contributed by atoms with E-state index in [-0.39, 0.29) is 101 Å². The van der Waals surface area contributed by atoms with E-state index >= 15 is 0 Å². The molecule has 0 aromatic rings. The van der Waals surface area contributed by atoms with Crippen LogP contribution in [0, 0.1) is 23.7 Å². The quantitative estimate of drug-likeness (QED) is 0.0185. The van der Waals surface area contributed by atoms with E-state index in [0.717, 1.165) is 0 Å². The molecule has 0 radical (unpaired) electrons. The van der Waals surface area contributed by atoms with E-state index < -0.39 is 138 Å². The number of aliphatic hydroxyl groups excluding tert-OH is 1. The van der Waals surface area contributed by atoms with Crippen molar-refractivity contribution < 1.29 is 58.2 Å². The van der Waals surface area contributed by atoms with Crippen molar-refractivity contribution >= 4 is 71.1 Å². The fourth-order valence-electron chi connectivity index (χ4n) is 10.1. The SMILES string of the molecule is CC(C)C[C@H](NC(=O)[C@H](CCCN=C(N)N)NC(=O)[C@H](CC(C)C)NC(=O)[C@@H](NC(=O)[C@@H]1CCCN1C(=O)[C@@H](N)CO)C(C)C)C(=O)N[C@@H](CCCN=C(N)N)C(=O)N1CCC[C@H]1C(=O)N1CCC[C@H]1C(=O)N[C@H](C(=O)O)C(C)C. The third-order valence-corrected chi connectivity index (χ3v) is 14.3. The van der Waals surface area contributed by atoms with E-state index in [2.05, 4.69) is 41.9 Å². The van der Waals surface area contributed by atoms with Gasteiger partial charge in [0, 0.05) is 32.7 Å². The van der Waals surface area contributed by atoms with Crippen molar-refractivity contribution in [1.29, 1.82) is 0 Å². The molecule has 452 valence electrons. The average Bonchev–Trinajstić information content (AvgIpc) is 4.20. The maximum absolute atomic E-state index is 14.7. The molecule has 28 nitrogen and oxygen atoms in total. The molecule has 3 heterocycles. The number of aliphatic imine (C=N–C) groups is 2. The Morgan fingerprint density at radius 1 is 0.512 bits per heavy atom. The molecule has 3 fully saturated rings. The fourth-order valence-corrected chi connectivity index (χ4v) is 10.1. The summed E-state index contributed by atoms with van der Waals surface area (Å²) in [5.41, 5.74) is 28.1.